The fourth-order valence-electron chi connectivity index (χ4n) is 11.9. The van der Waals surface area contributed by atoms with Crippen molar-refractivity contribution in [2.45, 2.75) is 69.1 Å². The average molecular weight is 912 g/mol. The van der Waals surface area contributed by atoms with Gasteiger partial charge in [-0.2, -0.15) is 0 Å². The van der Waals surface area contributed by atoms with Crippen LogP contribution in [0.3, 0.4) is 0 Å². The zero-order valence-corrected chi connectivity index (χ0v) is 40.6. The summed E-state index contributed by atoms with van der Waals surface area (Å²) in [5, 5.41) is 6.94. The number of hydrogen-bond donors (Lipinski definition) is 0. The van der Waals surface area contributed by atoms with Crippen LogP contribution in [0.25, 0.3) is 82.5 Å². The second-order valence-corrected chi connectivity index (χ2v) is 21.0. The van der Waals surface area contributed by atoms with Crippen LogP contribution < -0.4 is 16.4 Å². The second-order valence-electron chi connectivity index (χ2n) is 19.9. The lowest BCUT2D eigenvalue weighted by molar-refractivity contribution is 0.627. The normalized spacial score (nSPS) is 12.9. The van der Waals surface area contributed by atoms with Gasteiger partial charge in [-0.3, -0.25) is 0 Å². The number of rotatable bonds is 7. The Labute approximate surface area is 406 Å². The Hall–Kier alpha value is -7.28. The first-order valence-corrected chi connectivity index (χ1v) is 25.3. The minimum absolute atomic E-state index is 0.0813. The maximum absolute atomic E-state index is 15.5. The average Bonchev–Trinajstić information content (AvgIpc) is 4.01. The first-order valence-electron chi connectivity index (χ1n) is 24.5. The molecule has 0 fully saturated rings. The molecule has 1 aliphatic rings. The SMILES string of the molecule is CC(C)c1cc(C(C)C)c(B2c3ccccc3Sc3cc(-n4c5ccccc5c5c6c(c7ccccc7n6-c6cccc(F)c6)c6c(c7ccccc7n6-c6ccccc6)c54)ccc32)c(C(C)C)c1. The van der Waals surface area contributed by atoms with Crippen LogP contribution in [0.2, 0.25) is 0 Å². The number of aromatic nitrogens is 3. The molecule has 0 N–H and O–H groups in total. The standard InChI is InChI=1S/C63H51BFN3S/c1-37(2)40-33-48(38(3)4)60(49(34-40)39(5)6)64-50-26-13-17-30-55(50)69-56-36-44(31-32-51(56)64)68-54-29-16-12-25-47(54)59-62-58(46-24-11-15-28-53(46)67(62)43-22-18-19-41(65)35-43)61-57(63(59)68)45-23-10-14-27-52(45)66(61)42-20-8-7-9-21-42/h7-39H,1-6H3. The molecule has 9 aromatic carbocycles. The van der Waals surface area contributed by atoms with Crippen LogP contribution in [-0.2, 0) is 0 Å². The first-order chi connectivity index (χ1) is 33.7. The van der Waals surface area contributed by atoms with Gasteiger partial charge in [0.15, 0.2) is 0 Å². The first kappa shape index (κ1) is 41.9. The lowest BCUT2D eigenvalue weighted by Gasteiger charge is -2.32. The van der Waals surface area contributed by atoms with Crippen molar-refractivity contribution in [3.8, 4) is 17.1 Å². The summed E-state index contributed by atoms with van der Waals surface area (Å²) < 4.78 is 22.9. The van der Waals surface area contributed by atoms with Gasteiger partial charge in [-0.25, -0.2) is 4.39 Å². The number of benzene rings is 9. The highest BCUT2D eigenvalue weighted by molar-refractivity contribution is 8.00. The summed E-state index contributed by atoms with van der Waals surface area (Å²) in [5.41, 5.74) is 18.1. The molecule has 1 aliphatic heterocycles. The number of fused-ring (bicyclic) bond motifs is 14. The molecule has 3 nitrogen and oxygen atoms in total. The molecule has 0 atom stereocenters. The molecule has 0 radical (unpaired) electrons. The van der Waals surface area contributed by atoms with E-state index in [-0.39, 0.29) is 12.5 Å². The van der Waals surface area contributed by atoms with Crippen molar-refractivity contribution in [2.24, 2.45) is 0 Å². The Balaban J connectivity index is 1.20. The molecule has 0 saturated heterocycles. The fourth-order valence-corrected chi connectivity index (χ4v) is 13.1. The topological polar surface area (TPSA) is 14.8 Å². The minimum Gasteiger partial charge on any atom is -0.308 e. The van der Waals surface area contributed by atoms with E-state index in [4.69, 9.17) is 0 Å². The lowest BCUT2D eigenvalue weighted by atomic mass is 9.34. The number of hydrogen-bond acceptors (Lipinski definition) is 1. The maximum atomic E-state index is 15.5. The van der Waals surface area contributed by atoms with Gasteiger partial charge in [-0.05, 0) is 101 Å². The Morgan fingerprint density at radius 3 is 1.41 bits per heavy atom. The smallest absolute Gasteiger partial charge is 0.244 e. The van der Waals surface area contributed by atoms with Gasteiger partial charge in [0.2, 0.25) is 6.71 Å². The van der Waals surface area contributed by atoms with Gasteiger partial charge in [0, 0.05) is 59.2 Å². The van der Waals surface area contributed by atoms with E-state index in [0.717, 1.165) is 71.7 Å². The van der Waals surface area contributed by atoms with E-state index in [1.807, 2.05) is 23.9 Å². The summed E-state index contributed by atoms with van der Waals surface area (Å²) in [6.07, 6.45) is 0. The Kier molecular flexibility index (Phi) is 9.65. The van der Waals surface area contributed by atoms with Gasteiger partial charge < -0.3 is 13.7 Å². The molecule has 12 aromatic rings. The van der Waals surface area contributed by atoms with Gasteiger partial charge in [0.1, 0.15) is 5.82 Å². The molecular formula is C63H51BFN3S. The molecule has 0 amide bonds. The van der Waals surface area contributed by atoms with Crippen molar-refractivity contribution in [1.29, 1.82) is 0 Å². The van der Waals surface area contributed by atoms with Gasteiger partial charge in [-0.1, -0.05) is 185 Å². The molecule has 0 aliphatic carbocycles. The lowest BCUT2D eigenvalue weighted by Crippen LogP contribution is -2.57. The Morgan fingerprint density at radius 2 is 0.870 bits per heavy atom. The van der Waals surface area contributed by atoms with Crippen LogP contribution >= 0.6 is 11.8 Å². The zero-order chi connectivity index (χ0) is 46.8. The predicted molar refractivity (Wildman–Crippen MR) is 293 cm³/mol. The molecule has 6 heteroatoms. The largest absolute Gasteiger partial charge is 0.308 e. The van der Waals surface area contributed by atoms with Gasteiger partial charge >= 0.3 is 0 Å². The molecule has 4 heterocycles. The molecule has 0 unspecified atom stereocenters. The molecule has 0 saturated carbocycles. The van der Waals surface area contributed by atoms with E-state index in [9.17, 15) is 0 Å². The van der Waals surface area contributed by atoms with E-state index in [1.165, 1.54) is 59.7 Å². The molecule has 0 spiro atoms. The third kappa shape index (κ3) is 6.20. The predicted octanol–water partition coefficient (Wildman–Crippen LogP) is 15.5. The fraction of sp³-hybridized carbons (Fsp3) is 0.143. The van der Waals surface area contributed by atoms with Crippen LogP contribution in [0.15, 0.2) is 192 Å². The highest BCUT2D eigenvalue weighted by Crippen LogP contribution is 2.50. The van der Waals surface area contributed by atoms with Crippen LogP contribution in [0.5, 0.6) is 0 Å². The van der Waals surface area contributed by atoms with E-state index in [1.54, 1.807) is 6.07 Å². The van der Waals surface area contributed by atoms with Crippen LogP contribution in [0.4, 0.5) is 4.39 Å². The quantitative estimate of drug-likeness (QED) is 0.145. The van der Waals surface area contributed by atoms with Crippen molar-refractivity contribution < 1.29 is 4.39 Å². The van der Waals surface area contributed by atoms with Crippen LogP contribution in [-0.4, -0.2) is 20.4 Å². The van der Waals surface area contributed by atoms with Crippen LogP contribution in [0, 0.1) is 5.82 Å². The van der Waals surface area contributed by atoms with E-state index in [0.29, 0.717) is 17.8 Å². The van der Waals surface area contributed by atoms with E-state index >= 15 is 4.39 Å². The van der Waals surface area contributed by atoms with Crippen LogP contribution in [0.1, 0.15) is 76.0 Å². The van der Waals surface area contributed by atoms with E-state index < -0.39 is 0 Å². The number of para-hydroxylation sites is 4. The molecule has 3 aromatic heterocycles. The highest BCUT2D eigenvalue weighted by Gasteiger charge is 2.36. The third-order valence-electron chi connectivity index (χ3n) is 14.9. The molecule has 0 bridgehead atoms. The summed E-state index contributed by atoms with van der Waals surface area (Å²) in [6, 6.07) is 65.7. The monoisotopic (exact) mass is 911 g/mol. The van der Waals surface area contributed by atoms with Gasteiger partial charge in [-0.15, -0.1) is 0 Å². The summed E-state index contributed by atoms with van der Waals surface area (Å²) in [7, 11) is 0. The molecule has 13 rings (SSSR count). The maximum Gasteiger partial charge on any atom is 0.244 e. The third-order valence-corrected chi connectivity index (χ3v) is 16.1. The summed E-state index contributed by atoms with van der Waals surface area (Å²) in [5.74, 6) is 0.894. The number of halogens is 1. The highest BCUT2D eigenvalue weighted by atomic mass is 32.2. The second kappa shape index (κ2) is 15.9. The van der Waals surface area contributed by atoms with Crippen molar-refractivity contribution in [3.63, 3.8) is 0 Å². The molecular weight excluding hydrogens is 861 g/mol. The summed E-state index contributed by atoms with van der Waals surface area (Å²) in [6.45, 7) is 14.2. The van der Waals surface area contributed by atoms with Crippen molar-refractivity contribution in [1.82, 2.24) is 13.7 Å². The summed E-state index contributed by atoms with van der Waals surface area (Å²) in [4.78, 5) is 2.58. The Morgan fingerprint density at radius 1 is 0.406 bits per heavy atom. The van der Waals surface area contributed by atoms with Crippen molar-refractivity contribution >= 4 is 100 Å². The van der Waals surface area contributed by atoms with E-state index in [2.05, 4.69) is 213 Å². The van der Waals surface area contributed by atoms with Crippen molar-refractivity contribution in [3.05, 3.63) is 204 Å². The molecule has 69 heavy (non-hydrogen) atoms. The van der Waals surface area contributed by atoms with Gasteiger partial charge in [0.25, 0.3) is 0 Å². The minimum atomic E-state index is -0.264. The number of nitrogens with zero attached hydrogens (tertiary/aromatic N) is 3. The van der Waals surface area contributed by atoms with Crippen molar-refractivity contribution in [2.75, 3.05) is 0 Å². The summed E-state index contributed by atoms with van der Waals surface area (Å²) >= 11 is 1.90. The molecule has 334 valence electrons. The zero-order valence-electron chi connectivity index (χ0n) is 39.8. The van der Waals surface area contributed by atoms with Gasteiger partial charge in [0.05, 0.1) is 33.1 Å². The Bertz CT molecular complexity index is 4030.